The van der Waals surface area contributed by atoms with E-state index in [-0.39, 0.29) is 69.3 Å². The van der Waals surface area contributed by atoms with E-state index in [1.165, 1.54) is 6.08 Å². The summed E-state index contributed by atoms with van der Waals surface area (Å²) in [6.07, 6.45) is 11.9. The fraction of sp³-hybridized carbons (Fsp3) is 0.667. The summed E-state index contributed by atoms with van der Waals surface area (Å²) in [6, 6.07) is 0. The fourth-order valence-corrected chi connectivity index (χ4v) is 6.06. The molecule has 0 amide bonds. The van der Waals surface area contributed by atoms with Gasteiger partial charge in [-0.3, -0.25) is 0 Å². The van der Waals surface area contributed by atoms with E-state index in [4.69, 9.17) is 4.74 Å². The van der Waals surface area contributed by atoms with E-state index in [1.807, 2.05) is 45.1 Å². The summed E-state index contributed by atoms with van der Waals surface area (Å²) in [5, 5.41) is 93.2. The maximum atomic E-state index is 12.5. The normalized spacial score (nSPS) is 39.1. The van der Waals surface area contributed by atoms with Gasteiger partial charge < -0.3 is 50.7 Å². The van der Waals surface area contributed by atoms with Crippen molar-refractivity contribution in [2.75, 3.05) is 0 Å². The van der Waals surface area contributed by atoms with Gasteiger partial charge in [-0.15, -0.1) is 0 Å². The molecule has 0 aromatic heterocycles. The van der Waals surface area contributed by atoms with Crippen molar-refractivity contribution in [1.82, 2.24) is 0 Å². The molecule has 11 atom stereocenters. The van der Waals surface area contributed by atoms with Crippen LogP contribution in [0.4, 0.5) is 0 Å². The average molecular weight is 709 g/mol. The van der Waals surface area contributed by atoms with Crippen molar-refractivity contribution in [3.8, 4) is 0 Å². The molecule has 0 aromatic carbocycles. The number of carbonyl (C=O) groups is 1. The minimum atomic E-state index is -1.12. The zero-order valence-electron chi connectivity index (χ0n) is 30.0. The molecule has 1 aliphatic rings. The van der Waals surface area contributed by atoms with Crippen LogP contribution in [0.1, 0.15) is 91.4 Å². The Morgan fingerprint density at radius 3 is 1.24 bits per heavy atom. The molecule has 0 saturated carbocycles. The second-order valence-electron chi connectivity index (χ2n) is 14.0. The molecule has 0 aromatic rings. The lowest BCUT2D eigenvalue weighted by Crippen LogP contribution is -2.31. The SMILES string of the molecule is CC(C)C1OC(=O)/C=C/C=C/C=C/C=C/C=C/C=C/C[C@@H](O)C[C@H](O)C[C@H](O)CC(O)CC(O)CC(O)C[C@@H](O)C[C@@H](O)C[C@@H](O)CC[C@@H]1C. The largest absolute Gasteiger partial charge is 0.459 e. The highest BCUT2D eigenvalue weighted by Gasteiger charge is 2.27. The van der Waals surface area contributed by atoms with Crippen molar-refractivity contribution < 1.29 is 55.5 Å². The molecule has 0 fully saturated rings. The van der Waals surface area contributed by atoms with E-state index in [1.54, 1.807) is 42.5 Å². The predicted octanol–water partition coefficient (Wildman–Crippen LogP) is 3.08. The first-order chi connectivity index (χ1) is 23.7. The zero-order valence-corrected chi connectivity index (χ0v) is 30.0. The molecule has 1 rings (SSSR count). The number of aliphatic hydroxyl groups is 9. The molecular formula is C39H64O11. The summed E-state index contributed by atoms with van der Waals surface area (Å²) in [6.45, 7) is 5.86. The van der Waals surface area contributed by atoms with Gasteiger partial charge in [0.05, 0.1) is 54.9 Å². The number of cyclic esters (lactones) is 1. The fourth-order valence-electron chi connectivity index (χ4n) is 6.06. The number of hydrogen-bond acceptors (Lipinski definition) is 11. The summed E-state index contributed by atoms with van der Waals surface area (Å²) < 4.78 is 5.71. The van der Waals surface area contributed by atoms with Crippen LogP contribution in [0.25, 0.3) is 0 Å². The Morgan fingerprint density at radius 2 is 0.840 bits per heavy atom. The minimum absolute atomic E-state index is 0.0177. The molecule has 0 spiro atoms. The van der Waals surface area contributed by atoms with Gasteiger partial charge >= 0.3 is 5.97 Å². The molecule has 50 heavy (non-hydrogen) atoms. The maximum absolute atomic E-state index is 12.5. The topological polar surface area (TPSA) is 208 Å². The van der Waals surface area contributed by atoms with Gasteiger partial charge in [-0.05, 0) is 82.5 Å². The molecule has 0 bridgehead atoms. The monoisotopic (exact) mass is 708 g/mol. The molecule has 11 nitrogen and oxygen atoms in total. The number of esters is 1. The van der Waals surface area contributed by atoms with Crippen molar-refractivity contribution >= 4 is 5.97 Å². The third kappa shape index (κ3) is 23.1. The van der Waals surface area contributed by atoms with E-state index in [2.05, 4.69) is 0 Å². The number of aliphatic hydroxyl groups excluding tert-OH is 9. The van der Waals surface area contributed by atoms with Gasteiger partial charge in [-0.1, -0.05) is 87.6 Å². The van der Waals surface area contributed by atoms with Crippen molar-refractivity contribution in [3.63, 3.8) is 0 Å². The molecule has 4 unspecified atom stereocenters. The van der Waals surface area contributed by atoms with Gasteiger partial charge in [0.1, 0.15) is 6.10 Å². The molecule has 11 heteroatoms. The minimum Gasteiger partial charge on any atom is -0.459 e. The summed E-state index contributed by atoms with van der Waals surface area (Å²) in [7, 11) is 0. The molecular weight excluding hydrogens is 644 g/mol. The van der Waals surface area contributed by atoms with Crippen LogP contribution in [-0.4, -0.2) is 113 Å². The molecule has 0 aliphatic carbocycles. The highest BCUT2D eigenvalue weighted by atomic mass is 16.5. The highest BCUT2D eigenvalue weighted by molar-refractivity contribution is 5.82. The van der Waals surface area contributed by atoms with Crippen LogP contribution in [-0.2, 0) is 9.53 Å². The van der Waals surface area contributed by atoms with Crippen LogP contribution in [0.15, 0.2) is 72.9 Å². The Bertz CT molecular complexity index is 1080. The second-order valence-corrected chi connectivity index (χ2v) is 14.0. The van der Waals surface area contributed by atoms with Gasteiger partial charge in [-0.25, -0.2) is 4.79 Å². The van der Waals surface area contributed by atoms with Gasteiger partial charge in [0, 0.05) is 6.08 Å². The highest BCUT2D eigenvalue weighted by Crippen LogP contribution is 2.24. The quantitative estimate of drug-likeness (QED) is 0.181. The summed E-state index contributed by atoms with van der Waals surface area (Å²) in [5.74, 6) is -0.483. The number of allylic oxidation sites excluding steroid dienone is 10. The standard InChI is InChI=1S/C39H64O11/c1-27(2)39-28(3)17-18-30(41)20-32(43)22-34(45)24-36(47)26-37(48)25-35(46)23-33(44)21-31(42)19-29(40)15-13-11-9-7-5-4-6-8-10-12-14-16-38(49)50-39/h4-14,16,27-37,39-48H,15,17-26H2,1-3H3/b5-4+,8-6+,9-7+,12-10+,13-11+,16-14+/t28-,29+,30-,31-,32-,33-,34-,35?,36?,37?,39?/m0/s1. The molecule has 1 aliphatic heterocycles. The first-order valence-electron chi connectivity index (χ1n) is 18.0. The van der Waals surface area contributed by atoms with Crippen LogP contribution in [0.5, 0.6) is 0 Å². The predicted molar refractivity (Wildman–Crippen MR) is 194 cm³/mol. The first kappa shape index (κ1) is 45.6. The number of ether oxygens (including phenoxy) is 1. The van der Waals surface area contributed by atoms with Crippen molar-refractivity contribution in [2.24, 2.45) is 11.8 Å². The number of rotatable bonds is 1. The third-order valence-corrected chi connectivity index (χ3v) is 8.56. The molecule has 1 heterocycles. The second kappa shape index (κ2) is 26.3. The van der Waals surface area contributed by atoms with Gasteiger partial charge in [0.15, 0.2) is 0 Å². The molecule has 0 radical (unpaired) electrons. The Morgan fingerprint density at radius 1 is 0.500 bits per heavy atom. The summed E-state index contributed by atoms with van der Waals surface area (Å²) in [4.78, 5) is 12.5. The van der Waals surface area contributed by atoms with Crippen LogP contribution >= 0.6 is 0 Å². The number of hydrogen-bond donors (Lipinski definition) is 9. The van der Waals surface area contributed by atoms with Crippen molar-refractivity contribution in [1.29, 1.82) is 0 Å². The Labute approximate surface area is 298 Å². The Kier molecular flexibility index (Phi) is 24.0. The smallest absolute Gasteiger partial charge is 0.331 e. The molecule has 0 saturated heterocycles. The van der Waals surface area contributed by atoms with E-state index in [0.29, 0.717) is 19.3 Å². The third-order valence-electron chi connectivity index (χ3n) is 8.56. The molecule has 286 valence electrons. The van der Waals surface area contributed by atoms with Crippen molar-refractivity contribution in [2.45, 2.75) is 152 Å². The van der Waals surface area contributed by atoms with Gasteiger partial charge in [0.2, 0.25) is 0 Å². The summed E-state index contributed by atoms with van der Waals surface area (Å²) in [5.41, 5.74) is 0. The van der Waals surface area contributed by atoms with E-state index in [9.17, 15) is 50.8 Å². The Balaban J connectivity index is 2.88. The van der Waals surface area contributed by atoms with E-state index < -0.39 is 60.9 Å². The van der Waals surface area contributed by atoms with Crippen LogP contribution in [0.3, 0.4) is 0 Å². The van der Waals surface area contributed by atoms with E-state index >= 15 is 0 Å². The Hall–Kier alpha value is -2.45. The summed E-state index contributed by atoms with van der Waals surface area (Å²) >= 11 is 0. The van der Waals surface area contributed by atoms with Gasteiger partial charge in [-0.2, -0.15) is 0 Å². The zero-order chi connectivity index (χ0) is 37.5. The van der Waals surface area contributed by atoms with Crippen molar-refractivity contribution in [3.05, 3.63) is 72.9 Å². The van der Waals surface area contributed by atoms with Crippen LogP contribution in [0, 0.1) is 11.8 Å². The number of carbonyl (C=O) groups excluding carboxylic acids is 1. The average Bonchev–Trinajstić information content (AvgIpc) is 2.99. The van der Waals surface area contributed by atoms with Crippen LogP contribution < -0.4 is 0 Å². The lowest BCUT2D eigenvalue weighted by molar-refractivity contribution is -0.148. The lowest BCUT2D eigenvalue weighted by atomic mass is 9.89. The van der Waals surface area contributed by atoms with Crippen LogP contribution in [0.2, 0.25) is 0 Å². The first-order valence-corrected chi connectivity index (χ1v) is 18.0. The molecule has 9 N–H and O–H groups in total. The lowest BCUT2D eigenvalue weighted by Gasteiger charge is -2.28. The maximum Gasteiger partial charge on any atom is 0.331 e. The van der Waals surface area contributed by atoms with E-state index in [0.717, 1.165) is 0 Å². The van der Waals surface area contributed by atoms with Gasteiger partial charge in [0.25, 0.3) is 0 Å².